The summed E-state index contributed by atoms with van der Waals surface area (Å²) in [4.78, 5) is 4.74. The van der Waals surface area contributed by atoms with Crippen molar-refractivity contribution in [3.8, 4) is 5.75 Å². The molecule has 0 saturated heterocycles. The number of hydrogen-bond donors (Lipinski definition) is 1. The summed E-state index contributed by atoms with van der Waals surface area (Å²) in [6.07, 6.45) is 5.64. The molecular formula is C17H25NO. The van der Waals surface area contributed by atoms with Gasteiger partial charge in [0, 0.05) is 11.8 Å². The zero-order chi connectivity index (χ0) is 14.0. The summed E-state index contributed by atoms with van der Waals surface area (Å²) in [7, 11) is 0. The number of hydrogen-bond acceptors (Lipinski definition) is 2. The third kappa shape index (κ3) is 3.17. The van der Waals surface area contributed by atoms with Gasteiger partial charge in [0.15, 0.2) is 0 Å². The Hall–Kier alpha value is -1.31. The van der Waals surface area contributed by atoms with Gasteiger partial charge in [0.1, 0.15) is 5.75 Å². The molecule has 1 aromatic rings. The first-order valence-corrected chi connectivity index (χ1v) is 7.32. The molecule has 1 aliphatic rings. The molecular weight excluding hydrogens is 234 g/mol. The predicted molar refractivity (Wildman–Crippen MR) is 81.1 cm³/mol. The second-order valence-corrected chi connectivity index (χ2v) is 6.13. The molecule has 1 aromatic carbocycles. The normalized spacial score (nSPS) is 27.9. The van der Waals surface area contributed by atoms with Gasteiger partial charge in [-0.2, -0.15) is 0 Å². The van der Waals surface area contributed by atoms with Crippen molar-refractivity contribution in [3.63, 3.8) is 0 Å². The third-order valence-corrected chi connectivity index (χ3v) is 4.54. The molecule has 0 radical (unpaired) electrons. The van der Waals surface area contributed by atoms with Gasteiger partial charge in [-0.25, -0.2) is 0 Å². The Morgan fingerprint density at radius 3 is 2.68 bits per heavy atom. The average molecular weight is 259 g/mol. The van der Waals surface area contributed by atoms with Crippen molar-refractivity contribution < 1.29 is 5.11 Å². The summed E-state index contributed by atoms with van der Waals surface area (Å²) in [5.41, 5.74) is 2.94. The second kappa shape index (κ2) is 5.77. The summed E-state index contributed by atoms with van der Waals surface area (Å²) in [6, 6.07) is 4.41. The maximum absolute atomic E-state index is 10.1. The van der Waals surface area contributed by atoms with Gasteiger partial charge in [-0.1, -0.05) is 32.8 Å². The van der Waals surface area contributed by atoms with E-state index in [1.165, 1.54) is 24.8 Å². The Morgan fingerprint density at radius 2 is 1.95 bits per heavy atom. The zero-order valence-electron chi connectivity index (χ0n) is 12.5. The van der Waals surface area contributed by atoms with E-state index >= 15 is 0 Å². The highest BCUT2D eigenvalue weighted by Crippen LogP contribution is 2.32. The smallest absolute Gasteiger partial charge is 0.127 e. The fraction of sp³-hybridized carbons (Fsp3) is 0.588. The van der Waals surface area contributed by atoms with Crippen LogP contribution in [-0.4, -0.2) is 17.4 Å². The van der Waals surface area contributed by atoms with Crippen molar-refractivity contribution in [1.29, 1.82) is 0 Å². The highest BCUT2D eigenvalue weighted by Gasteiger charge is 2.26. The molecule has 0 aromatic heterocycles. The highest BCUT2D eigenvalue weighted by molar-refractivity contribution is 5.84. The van der Waals surface area contributed by atoms with E-state index in [0.29, 0.717) is 17.7 Å². The summed E-state index contributed by atoms with van der Waals surface area (Å²) in [6.45, 7) is 8.61. The molecule has 19 heavy (non-hydrogen) atoms. The van der Waals surface area contributed by atoms with Crippen LogP contribution in [0.1, 0.15) is 49.8 Å². The lowest BCUT2D eigenvalue weighted by Gasteiger charge is -2.31. The monoisotopic (exact) mass is 259 g/mol. The molecule has 0 spiro atoms. The molecule has 3 atom stereocenters. The number of aryl methyl sites for hydroxylation is 2. The van der Waals surface area contributed by atoms with Gasteiger partial charge in [-0.05, 0) is 49.3 Å². The first kappa shape index (κ1) is 14.1. The molecule has 104 valence electrons. The number of phenolic OH excluding ortho intramolecular Hbond substituents is 1. The first-order valence-electron chi connectivity index (χ1n) is 7.32. The van der Waals surface area contributed by atoms with Crippen LogP contribution in [0.2, 0.25) is 0 Å². The summed E-state index contributed by atoms with van der Waals surface area (Å²) < 4.78 is 0. The minimum absolute atomic E-state index is 0.367. The van der Waals surface area contributed by atoms with Crippen LogP contribution in [0.4, 0.5) is 0 Å². The Labute approximate surface area is 116 Å². The quantitative estimate of drug-likeness (QED) is 0.791. The fourth-order valence-corrected chi connectivity index (χ4v) is 3.03. The lowest BCUT2D eigenvalue weighted by molar-refractivity contribution is 0.242. The number of phenols is 1. The largest absolute Gasteiger partial charge is 0.507 e. The maximum atomic E-state index is 10.1. The van der Waals surface area contributed by atoms with E-state index in [4.69, 9.17) is 4.99 Å². The van der Waals surface area contributed by atoms with Gasteiger partial charge in [0.2, 0.25) is 0 Å². The minimum Gasteiger partial charge on any atom is -0.507 e. The third-order valence-electron chi connectivity index (χ3n) is 4.54. The standard InChI is InChI=1S/C17H25NO/c1-11-8-13(3)17(19)15(9-11)10-18-16-7-5-6-12(2)14(16)4/h8-10,12,14,16,19H,5-7H2,1-4H3. The van der Waals surface area contributed by atoms with Gasteiger partial charge in [0.25, 0.3) is 0 Å². The van der Waals surface area contributed by atoms with Crippen LogP contribution in [0, 0.1) is 25.7 Å². The van der Waals surface area contributed by atoms with Crippen LogP contribution in [-0.2, 0) is 0 Å². The van der Waals surface area contributed by atoms with Crippen LogP contribution in [0.3, 0.4) is 0 Å². The topological polar surface area (TPSA) is 32.6 Å². The summed E-state index contributed by atoms with van der Waals surface area (Å²) in [5.74, 6) is 1.76. The van der Waals surface area contributed by atoms with Crippen molar-refractivity contribution in [2.45, 2.75) is 53.0 Å². The lowest BCUT2D eigenvalue weighted by atomic mass is 9.78. The van der Waals surface area contributed by atoms with E-state index in [1.54, 1.807) is 0 Å². The number of benzene rings is 1. The predicted octanol–water partition coefficient (Wildman–Crippen LogP) is 4.25. The molecule has 1 fully saturated rings. The summed E-state index contributed by atoms with van der Waals surface area (Å²) in [5, 5.41) is 10.1. The molecule has 0 heterocycles. The fourth-order valence-electron chi connectivity index (χ4n) is 3.03. The summed E-state index contributed by atoms with van der Waals surface area (Å²) >= 11 is 0. The maximum Gasteiger partial charge on any atom is 0.127 e. The molecule has 1 aliphatic carbocycles. The van der Waals surface area contributed by atoms with Gasteiger partial charge in [-0.15, -0.1) is 0 Å². The van der Waals surface area contributed by atoms with Crippen molar-refractivity contribution in [2.75, 3.05) is 0 Å². The van der Waals surface area contributed by atoms with Crippen LogP contribution >= 0.6 is 0 Å². The van der Waals surface area contributed by atoms with E-state index in [2.05, 4.69) is 20.8 Å². The molecule has 2 rings (SSSR count). The van der Waals surface area contributed by atoms with Gasteiger partial charge < -0.3 is 5.11 Å². The van der Waals surface area contributed by atoms with Gasteiger partial charge in [0.05, 0.1) is 6.04 Å². The molecule has 3 unspecified atom stereocenters. The molecule has 0 bridgehead atoms. The van der Waals surface area contributed by atoms with E-state index in [9.17, 15) is 5.11 Å². The number of rotatable bonds is 2. The highest BCUT2D eigenvalue weighted by atomic mass is 16.3. The van der Waals surface area contributed by atoms with Crippen molar-refractivity contribution in [3.05, 3.63) is 28.8 Å². The van der Waals surface area contributed by atoms with Crippen molar-refractivity contribution in [2.24, 2.45) is 16.8 Å². The Morgan fingerprint density at radius 1 is 1.21 bits per heavy atom. The van der Waals surface area contributed by atoms with Crippen LogP contribution in [0.15, 0.2) is 17.1 Å². The molecule has 2 heteroatoms. The number of nitrogens with zero attached hydrogens (tertiary/aromatic N) is 1. The van der Waals surface area contributed by atoms with Crippen LogP contribution in [0.5, 0.6) is 5.75 Å². The molecule has 1 N–H and O–H groups in total. The average Bonchev–Trinajstić information content (AvgIpc) is 2.36. The molecule has 0 amide bonds. The van der Waals surface area contributed by atoms with Gasteiger partial charge >= 0.3 is 0 Å². The van der Waals surface area contributed by atoms with E-state index in [0.717, 1.165) is 17.0 Å². The van der Waals surface area contributed by atoms with Gasteiger partial charge in [-0.3, -0.25) is 4.99 Å². The lowest BCUT2D eigenvalue weighted by Crippen LogP contribution is -2.27. The molecule has 0 aliphatic heterocycles. The van der Waals surface area contributed by atoms with E-state index < -0.39 is 0 Å². The Balaban J connectivity index is 2.18. The number of aliphatic imine (C=N–C) groups is 1. The molecule has 1 saturated carbocycles. The Bertz CT molecular complexity index is 478. The van der Waals surface area contributed by atoms with E-state index in [1.807, 2.05) is 25.3 Å². The molecule has 2 nitrogen and oxygen atoms in total. The SMILES string of the molecule is Cc1cc(C)c(O)c(C=NC2CCCC(C)C2C)c1. The minimum atomic E-state index is 0.367. The Kier molecular flexibility index (Phi) is 4.28. The van der Waals surface area contributed by atoms with Crippen LogP contribution < -0.4 is 0 Å². The first-order chi connectivity index (χ1) is 8.99. The number of aromatic hydroxyl groups is 1. The zero-order valence-corrected chi connectivity index (χ0v) is 12.5. The van der Waals surface area contributed by atoms with Crippen molar-refractivity contribution >= 4 is 6.21 Å². The second-order valence-electron chi connectivity index (χ2n) is 6.13. The van der Waals surface area contributed by atoms with Crippen molar-refractivity contribution in [1.82, 2.24) is 0 Å². The van der Waals surface area contributed by atoms with Crippen LogP contribution in [0.25, 0.3) is 0 Å². The van der Waals surface area contributed by atoms with E-state index in [-0.39, 0.29) is 0 Å².